The molecule has 0 nitrogen and oxygen atoms in total. The molecule has 0 saturated heterocycles. The normalized spacial score (nSPS) is 12.5. The Kier molecular flexibility index (Phi) is 13.5. The Morgan fingerprint density at radius 1 is 0.283 bits per heavy atom. The van der Waals surface area contributed by atoms with Gasteiger partial charge in [0.05, 0.1) is 0 Å². The van der Waals surface area contributed by atoms with Gasteiger partial charge in [0.1, 0.15) is 0 Å². The SMILES string of the molecule is CCCCCCCCCCCCc1c2ccccc2c2cc(Br)c3c4ccc5c(CCCCCCCCCCCC)c6ccccc6c6cc(Br)c(c7ccc1c2c73)c4c56. The lowest BCUT2D eigenvalue weighted by Crippen LogP contribution is -1.98. The second-order valence-electron chi connectivity index (χ2n) is 18.3. The van der Waals surface area contributed by atoms with Gasteiger partial charge in [0.2, 0.25) is 0 Å². The van der Waals surface area contributed by atoms with Crippen molar-refractivity contribution < 1.29 is 0 Å². The van der Waals surface area contributed by atoms with Gasteiger partial charge in [-0.2, -0.15) is 0 Å². The molecule has 60 heavy (non-hydrogen) atoms. The fraction of sp³-hybridized carbons (Fsp3) is 0.414. The van der Waals surface area contributed by atoms with Crippen LogP contribution in [0.1, 0.15) is 153 Å². The van der Waals surface area contributed by atoms with E-state index in [1.165, 1.54) is 235 Å². The topological polar surface area (TPSA) is 0 Å². The van der Waals surface area contributed by atoms with Gasteiger partial charge in [-0.3, -0.25) is 0 Å². The van der Waals surface area contributed by atoms with Crippen molar-refractivity contribution in [1.29, 1.82) is 0 Å². The maximum Gasteiger partial charge on any atom is 0.0266 e. The minimum atomic E-state index is 1.13. The maximum absolute atomic E-state index is 4.23. The lowest BCUT2D eigenvalue weighted by Gasteiger charge is -2.24. The minimum absolute atomic E-state index is 1.13. The summed E-state index contributed by atoms with van der Waals surface area (Å²) in [6.07, 6.45) is 29.6. The molecule has 9 aromatic rings. The number of fused-ring (bicyclic) bond motifs is 6. The number of halogens is 2. The van der Waals surface area contributed by atoms with Gasteiger partial charge in [0.15, 0.2) is 0 Å². The Labute approximate surface area is 375 Å². The summed E-state index contributed by atoms with van der Waals surface area (Å²) < 4.78 is 2.40. The Morgan fingerprint density at radius 2 is 0.600 bits per heavy atom. The molecule has 0 aliphatic rings. The smallest absolute Gasteiger partial charge is 0.0266 e. The van der Waals surface area contributed by atoms with Crippen LogP contribution in [-0.4, -0.2) is 0 Å². The molecule has 2 heteroatoms. The number of rotatable bonds is 22. The molecule has 310 valence electrons. The van der Waals surface area contributed by atoms with Crippen LogP contribution in [0.3, 0.4) is 0 Å². The number of hydrogen-bond acceptors (Lipinski definition) is 0. The van der Waals surface area contributed by atoms with Gasteiger partial charge in [0.25, 0.3) is 0 Å². The maximum atomic E-state index is 4.23. The van der Waals surface area contributed by atoms with Crippen LogP contribution in [-0.2, 0) is 12.8 Å². The predicted octanol–water partition coefficient (Wildman–Crippen LogP) is 20.2. The van der Waals surface area contributed by atoms with E-state index in [2.05, 4.69) is 131 Å². The molecule has 0 radical (unpaired) electrons. The molecular formula is C58H64Br2. The van der Waals surface area contributed by atoms with E-state index in [0.717, 1.165) is 12.8 Å². The average Bonchev–Trinajstić information content (AvgIpc) is 3.27. The molecule has 0 fully saturated rings. The Balaban J connectivity index is 1.12. The summed E-state index contributed by atoms with van der Waals surface area (Å²) in [5.74, 6) is 0. The molecule has 0 saturated carbocycles. The van der Waals surface area contributed by atoms with Crippen molar-refractivity contribution in [3.05, 3.63) is 105 Å². The van der Waals surface area contributed by atoms with Crippen LogP contribution in [0.2, 0.25) is 0 Å². The summed E-state index contributed by atoms with van der Waals surface area (Å²) in [4.78, 5) is 0. The third kappa shape index (κ3) is 7.92. The van der Waals surface area contributed by atoms with E-state index >= 15 is 0 Å². The van der Waals surface area contributed by atoms with E-state index in [9.17, 15) is 0 Å². The first kappa shape index (κ1) is 41.9. The lowest BCUT2D eigenvalue weighted by atomic mass is 9.81. The zero-order valence-electron chi connectivity index (χ0n) is 36.4. The average molecular weight is 921 g/mol. The van der Waals surface area contributed by atoms with Crippen molar-refractivity contribution in [2.75, 3.05) is 0 Å². The molecule has 0 aliphatic heterocycles. The first-order chi connectivity index (χ1) is 29.6. The summed E-state index contributed by atoms with van der Waals surface area (Å²) in [7, 11) is 0. The van der Waals surface area contributed by atoms with E-state index in [-0.39, 0.29) is 0 Å². The van der Waals surface area contributed by atoms with E-state index in [1.54, 1.807) is 0 Å². The molecule has 0 N–H and O–H groups in total. The molecule has 9 aromatic carbocycles. The van der Waals surface area contributed by atoms with Gasteiger partial charge >= 0.3 is 0 Å². The van der Waals surface area contributed by atoms with Crippen LogP contribution in [0.4, 0.5) is 0 Å². The predicted molar refractivity (Wildman–Crippen MR) is 275 cm³/mol. The van der Waals surface area contributed by atoms with Crippen LogP contribution in [0, 0.1) is 0 Å². The van der Waals surface area contributed by atoms with Gasteiger partial charge in [-0.25, -0.2) is 0 Å². The molecule has 0 amide bonds. The van der Waals surface area contributed by atoms with Crippen molar-refractivity contribution in [2.24, 2.45) is 0 Å². The Morgan fingerprint density at radius 3 is 0.967 bits per heavy atom. The molecule has 0 aromatic heterocycles. The standard InChI is InChI=1S/C58H64Br2/c1-3-5-7-9-11-13-15-17-19-21-27-41-39-29-23-25-31-43(39)49-37-51(59)55-48-36-34-46-42(28-22-20-18-16-14-12-10-8-6-4-2)40-30-24-26-32-44(40)50-38-52(60)56(58(48)54(46)50)47-35-33-45(41)53(49)57(47)55/h23-26,29-38H,3-22,27-28H2,1-2H3. The van der Waals surface area contributed by atoms with E-state index in [1.807, 2.05) is 0 Å². The first-order valence-corrected chi connectivity index (χ1v) is 25.7. The quantitative estimate of drug-likeness (QED) is 0.0361. The summed E-state index contributed by atoms with van der Waals surface area (Å²) in [6.45, 7) is 4.62. The van der Waals surface area contributed by atoms with Crippen molar-refractivity contribution in [1.82, 2.24) is 0 Å². The monoisotopic (exact) mass is 918 g/mol. The number of aryl methyl sites for hydroxylation is 2. The van der Waals surface area contributed by atoms with E-state index in [4.69, 9.17) is 0 Å². The van der Waals surface area contributed by atoms with Crippen molar-refractivity contribution in [3.63, 3.8) is 0 Å². The van der Waals surface area contributed by atoms with Crippen LogP contribution in [0.25, 0.3) is 86.2 Å². The Bertz CT molecular complexity index is 2680. The molecule has 0 unspecified atom stereocenters. The highest BCUT2D eigenvalue weighted by Crippen LogP contribution is 2.53. The fourth-order valence-electron chi connectivity index (χ4n) is 11.3. The third-order valence-electron chi connectivity index (χ3n) is 14.3. The third-order valence-corrected chi connectivity index (χ3v) is 15.6. The van der Waals surface area contributed by atoms with Gasteiger partial charge in [-0.1, -0.05) is 234 Å². The lowest BCUT2D eigenvalue weighted by molar-refractivity contribution is 0.557. The second-order valence-corrected chi connectivity index (χ2v) is 20.0. The Hall–Kier alpha value is -3.46. The zero-order valence-corrected chi connectivity index (χ0v) is 39.6. The van der Waals surface area contributed by atoms with Crippen molar-refractivity contribution >= 4 is 118 Å². The van der Waals surface area contributed by atoms with Crippen LogP contribution in [0.15, 0.2) is 93.9 Å². The highest BCUT2D eigenvalue weighted by molar-refractivity contribution is 9.11. The number of unbranched alkanes of at least 4 members (excludes halogenated alkanes) is 18. The number of benzene rings is 9. The number of hydrogen-bond donors (Lipinski definition) is 0. The van der Waals surface area contributed by atoms with Gasteiger partial charge in [0, 0.05) is 19.7 Å². The van der Waals surface area contributed by atoms with E-state index in [0.29, 0.717) is 0 Å². The first-order valence-electron chi connectivity index (χ1n) is 24.1. The van der Waals surface area contributed by atoms with Gasteiger partial charge < -0.3 is 0 Å². The summed E-state index contributed by atoms with van der Waals surface area (Å²) in [5.41, 5.74) is 3.07. The van der Waals surface area contributed by atoms with E-state index < -0.39 is 0 Å². The molecule has 0 heterocycles. The van der Waals surface area contributed by atoms with Crippen molar-refractivity contribution in [3.8, 4) is 0 Å². The fourth-order valence-corrected chi connectivity index (χ4v) is 12.6. The summed E-state index contributed by atoms with van der Waals surface area (Å²) in [5, 5.41) is 22.4. The van der Waals surface area contributed by atoms with Crippen molar-refractivity contribution in [2.45, 2.75) is 155 Å². The molecular weight excluding hydrogens is 856 g/mol. The van der Waals surface area contributed by atoms with Gasteiger partial charge in [-0.15, -0.1) is 0 Å². The van der Waals surface area contributed by atoms with Crippen LogP contribution in [0.5, 0.6) is 0 Å². The molecule has 9 rings (SSSR count). The highest BCUT2D eigenvalue weighted by Gasteiger charge is 2.25. The molecule has 0 spiro atoms. The second kappa shape index (κ2) is 19.3. The molecule has 0 bridgehead atoms. The largest absolute Gasteiger partial charge is 0.0654 e. The highest BCUT2D eigenvalue weighted by atomic mass is 79.9. The summed E-state index contributed by atoms with van der Waals surface area (Å²) >= 11 is 8.47. The van der Waals surface area contributed by atoms with Gasteiger partial charge in [-0.05, 0) is 124 Å². The van der Waals surface area contributed by atoms with Crippen LogP contribution >= 0.6 is 31.9 Å². The summed E-state index contributed by atoms with van der Waals surface area (Å²) in [6, 6.07) is 33.3. The molecule has 0 aliphatic carbocycles. The van der Waals surface area contributed by atoms with Crippen LogP contribution < -0.4 is 0 Å². The minimum Gasteiger partial charge on any atom is -0.0654 e. The molecule has 0 atom stereocenters. The zero-order chi connectivity index (χ0) is 41.0.